The van der Waals surface area contributed by atoms with Gasteiger partial charge in [-0.25, -0.2) is 4.99 Å². The first-order chi connectivity index (χ1) is 12.4. The zero-order valence-electron chi connectivity index (χ0n) is 16.0. The van der Waals surface area contributed by atoms with Crippen molar-refractivity contribution in [1.29, 1.82) is 0 Å². The molecule has 0 aliphatic carbocycles. The van der Waals surface area contributed by atoms with Crippen LogP contribution in [0.3, 0.4) is 0 Å². The highest BCUT2D eigenvalue weighted by molar-refractivity contribution is 14.0. The van der Waals surface area contributed by atoms with Crippen LogP contribution in [-0.4, -0.2) is 47.4 Å². The number of carbonyl (C=O) groups is 1. The van der Waals surface area contributed by atoms with Crippen LogP contribution in [0.25, 0.3) is 0 Å². The number of rotatable bonds is 6. The van der Waals surface area contributed by atoms with Gasteiger partial charge in [-0.15, -0.1) is 24.0 Å². The van der Waals surface area contributed by atoms with Gasteiger partial charge in [0.25, 0.3) is 5.69 Å². The number of carbonyl (C=O) groups excluding carboxylic acids is 1. The number of nitrogens with one attached hydrogen (secondary N) is 2. The smallest absolute Gasteiger partial charge is 0.269 e. The normalized spacial score (nSPS) is 16.8. The number of nitro groups is 1. The van der Waals surface area contributed by atoms with Gasteiger partial charge in [0.05, 0.1) is 11.5 Å². The van der Waals surface area contributed by atoms with Gasteiger partial charge in [0.15, 0.2) is 5.96 Å². The Kier molecular flexibility index (Phi) is 9.47. The van der Waals surface area contributed by atoms with Crippen molar-refractivity contribution >= 4 is 41.5 Å². The molecule has 1 saturated heterocycles. The van der Waals surface area contributed by atoms with E-state index in [0.29, 0.717) is 19.0 Å². The molecule has 1 fully saturated rings. The van der Waals surface area contributed by atoms with Crippen molar-refractivity contribution in [2.24, 2.45) is 10.9 Å². The van der Waals surface area contributed by atoms with Gasteiger partial charge in [-0.05, 0) is 18.9 Å². The summed E-state index contributed by atoms with van der Waals surface area (Å²) in [4.78, 5) is 28.8. The molecule has 0 aromatic heterocycles. The van der Waals surface area contributed by atoms with Crippen LogP contribution < -0.4 is 10.6 Å². The van der Waals surface area contributed by atoms with E-state index in [1.54, 1.807) is 12.1 Å². The molecule has 1 aliphatic heterocycles. The third kappa shape index (κ3) is 6.96. The predicted octanol–water partition coefficient (Wildman–Crippen LogP) is 2.52. The fourth-order valence-corrected chi connectivity index (χ4v) is 2.85. The zero-order chi connectivity index (χ0) is 19.1. The highest BCUT2D eigenvalue weighted by Gasteiger charge is 2.27. The molecule has 0 radical (unpaired) electrons. The fraction of sp³-hybridized carbons (Fsp3) is 0.556. The Bertz CT molecular complexity index is 663. The van der Waals surface area contributed by atoms with Crippen molar-refractivity contribution in [3.05, 3.63) is 39.9 Å². The summed E-state index contributed by atoms with van der Waals surface area (Å²) in [7, 11) is 0. The van der Waals surface area contributed by atoms with Crippen molar-refractivity contribution in [3.8, 4) is 0 Å². The van der Waals surface area contributed by atoms with Crippen molar-refractivity contribution < 1.29 is 9.72 Å². The summed E-state index contributed by atoms with van der Waals surface area (Å²) < 4.78 is 0. The highest BCUT2D eigenvalue weighted by Crippen LogP contribution is 2.14. The number of amides is 1. The minimum atomic E-state index is -0.414. The van der Waals surface area contributed by atoms with Gasteiger partial charge < -0.3 is 15.5 Å². The number of likely N-dealkylation sites (tertiary alicyclic amines) is 1. The molecule has 150 valence electrons. The Hall–Kier alpha value is -1.91. The van der Waals surface area contributed by atoms with Gasteiger partial charge in [-0.2, -0.15) is 0 Å². The molecular weight excluding hydrogens is 461 g/mol. The second-order valence-corrected chi connectivity index (χ2v) is 6.69. The van der Waals surface area contributed by atoms with Gasteiger partial charge in [0.1, 0.15) is 0 Å². The Morgan fingerprint density at radius 1 is 1.37 bits per heavy atom. The van der Waals surface area contributed by atoms with Gasteiger partial charge in [-0.1, -0.05) is 26.0 Å². The number of non-ortho nitro benzene ring substituents is 1. The van der Waals surface area contributed by atoms with Crippen LogP contribution in [0, 0.1) is 16.0 Å². The van der Waals surface area contributed by atoms with Crippen LogP contribution >= 0.6 is 24.0 Å². The molecule has 9 heteroatoms. The van der Waals surface area contributed by atoms with E-state index in [-0.39, 0.29) is 47.5 Å². The summed E-state index contributed by atoms with van der Waals surface area (Å²) in [6.45, 7) is 8.42. The molecule has 2 N–H and O–H groups in total. The van der Waals surface area contributed by atoms with Gasteiger partial charge in [-0.3, -0.25) is 14.9 Å². The number of nitrogens with zero attached hydrogens (tertiary/aromatic N) is 3. The quantitative estimate of drug-likeness (QED) is 0.210. The zero-order valence-corrected chi connectivity index (χ0v) is 18.3. The monoisotopic (exact) mass is 489 g/mol. The summed E-state index contributed by atoms with van der Waals surface area (Å²) in [5, 5.41) is 17.3. The first-order valence-electron chi connectivity index (χ1n) is 8.97. The Labute approximate surface area is 177 Å². The largest absolute Gasteiger partial charge is 0.357 e. The lowest BCUT2D eigenvalue weighted by atomic mass is 10.2. The van der Waals surface area contributed by atoms with Crippen LogP contribution in [0.4, 0.5) is 5.69 Å². The van der Waals surface area contributed by atoms with Crippen LogP contribution in [0.15, 0.2) is 29.3 Å². The maximum atomic E-state index is 12.1. The SMILES string of the molecule is CCNC(=NCc1ccc([N+](=O)[O-])cc1)NC1CCN(C(=O)C(C)C)C1.I. The molecule has 1 atom stereocenters. The summed E-state index contributed by atoms with van der Waals surface area (Å²) >= 11 is 0. The van der Waals surface area contributed by atoms with E-state index in [1.165, 1.54) is 12.1 Å². The van der Waals surface area contributed by atoms with Crippen LogP contribution in [0.5, 0.6) is 0 Å². The minimum absolute atomic E-state index is 0. The highest BCUT2D eigenvalue weighted by atomic mass is 127. The minimum Gasteiger partial charge on any atom is -0.357 e. The van der Waals surface area contributed by atoms with E-state index in [2.05, 4.69) is 15.6 Å². The lowest BCUT2D eigenvalue weighted by Gasteiger charge is -2.20. The van der Waals surface area contributed by atoms with E-state index in [0.717, 1.165) is 25.1 Å². The molecule has 1 amide bonds. The molecule has 1 heterocycles. The number of hydrogen-bond acceptors (Lipinski definition) is 4. The molecule has 0 saturated carbocycles. The van der Waals surface area contributed by atoms with Gasteiger partial charge in [0, 0.05) is 43.7 Å². The summed E-state index contributed by atoms with van der Waals surface area (Å²) in [6, 6.07) is 6.57. The van der Waals surface area contributed by atoms with E-state index < -0.39 is 4.92 Å². The lowest BCUT2D eigenvalue weighted by Crippen LogP contribution is -2.45. The number of guanidine groups is 1. The molecule has 1 aromatic rings. The van der Waals surface area contributed by atoms with Crippen LogP contribution in [0.2, 0.25) is 0 Å². The number of aliphatic imine (C=N–C) groups is 1. The van der Waals surface area contributed by atoms with Gasteiger partial charge >= 0.3 is 0 Å². The molecular formula is C18H28IN5O3. The molecule has 2 rings (SSSR count). The van der Waals surface area contributed by atoms with Crippen molar-refractivity contribution in [2.45, 2.75) is 39.8 Å². The predicted molar refractivity (Wildman–Crippen MR) is 116 cm³/mol. The molecule has 1 aromatic carbocycles. The summed E-state index contributed by atoms with van der Waals surface area (Å²) in [5.41, 5.74) is 0.972. The Morgan fingerprint density at radius 3 is 2.59 bits per heavy atom. The van der Waals surface area contributed by atoms with E-state index in [1.807, 2.05) is 25.7 Å². The molecule has 1 unspecified atom stereocenters. The third-order valence-electron chi connectivity index (χ3n) is 4.25. The molecule has 0 spiro atoms. The Balaban J connectivity index is 0.00000364. The number of halogens is 1. The van der Waals surface area contributed by atoms with Crippen LogP contribution in [0.1, 0.15) is 32.8 Å². The standard InChI is InChI=1S/C18H27N5O3.HI/c1-4-19-18(20-11-14-5-7-16(8-6-14)23(25)26)21-15-9-10-22(12-15)17(24)13(2)3;/h5-8,13,15H,4,9-12H2,1-3H3,(H2,19,20,21);1H. The second kappa shape index (κ2) is 11.1. The summed E-state index contributed by atoms with van der Waals surface area (Å²) in [5.74, 6) is 0.884. The van der Waals surface area contributed by atoms with Gasteiger partial charge in [0.2, 0.25) is 5.91 Å². The van der Waals surface area contributed by atoms with E-state index in [4.69, 9.17) is 0 Å². The number of hydrogen-bond donors (Lipinski definition) is 2. The fourth-order valence-electron chi connectivity index (χ4n) is 2.85. The van der Waals surface area contributed by atoms with Crippen LogP contribution in [-0.2, 0) is 11.3 Å². The molecule has 1 aliphatic rings. The van der Waals surface area contributed by atoms with Crippen molar-refractivity contribution in [2.75, 3.05) is 19.6 Å². The first kappa shape index (κ1) is 23.1. The molecule has 27 heavy (non-hydrogen) atoms. The summed E-state index contributed by atoms with van der Waals surface area (Å²) in [6.07, 6.45) is 0.889. The van der Waals surface area contributed by atoms with Crippen molar-refractivity contribution in [1.82, 2.24) is 15.5 Å². The Morgan fingerprint density at radius 2 is 2.04 bits per heavy atom. The second-order valence-electron chi connectivity index (χ2n) is 6.69. The average molecular weight is 489 g/mol. The topological polar surface area (TPSA) is 99.9 Å². The average Bonchev–Trinajstić information content (AvgIpc) is 3.07. The van der Waals surface area contributed by atoms with E-state index >= 15 is 0 Å². The maximum Gasteiger partial charge on any atom is 0.269 e. The lowest BCUT2D eigenvalue weighted by molar-refractivity contribution is -0.384. The maximum absolute atomic E-state index is 12.1. The van der Waals surface area contributed by atoms with Crippen molar-refractivity contribution in [3.63, 3.8) is 0 Å². The number of nitro benzene ring substituents is 1. The molecule has 8 nitrogen and oxygen atoms in total. The molecule has 0 bridgehead atoms. The number of benzene rings is 1. The first-order valence-corrected chi connectivity index (χ1v) is 8.97. The third-order valence-corrected chi connectivity index (χ3v) is 4.25. The van der Waals surface area contributed by atoms with E-state index in [9.17, 15) is 14.9 Å².